The number of nitrogens with two attached hydrogens (primary N) is 3. The van der Waals surface area contributed by atoms with E-state index in [0.29, 0.717) is 46.1 Å². The summed E-state index contributed by atoms with van der Waals surface area (Å²) in [7, 11) is 0. The summed E-state index contributed by atoms with van der Waals surface area (Å²) in [4.78, 5) is 17.6. The Kier molecular flexibility index (Phi) is 8.98. The van der Waals surface area contributed by atoms with Gasteiger partial charge in [0.1, 0.15) is 5.84 Å². The summed E-state index contributed by atoms with van der Waals surface area (Å²) in [5.74, 6) is -0.392. The maximum Gasteiger partial charge on any atom is 0.226 e. The summed E-state index contributed by atoms with van der Waals surface area (Å²) in [5.41, 5.74) is 22.2. The minimum atomic E-state index is -0.358. The third kappa shape index (κ3) is 7.13. The van der Waals surface area contributed by atoms with Crippen molar-refractivity contribution < 1.29 is 10.0 Å². The Morgan fingerprint density at radius 1 is 0.975 bits per heavy atom. The number of nitrogens with one attached hydrogen (secondary N) is 2. The van der Waals surface area contributed by atoms with Crippen molar-refractivity contribution in [2.45, 2.75) is 19.4 Å². The van der Waals surface area contributed by atoms with E-state index in [-0.39, 0.29) is 40.9 Å². The van der Waals surface area contributed by atoms with Gasteiger partial charge in [-0.05, 0) is 53.4 Å². The zero-order valence-electron chi connectivity index (χ0n) is 21.5. The number of benzene rings is 3. The van der Waals surface area contributed by atoms with Crippen LogP contribution in [0.15, 0.2) is 77.8 Å². The number of halogens is 2. The quantitative estimate of drug-likeness (QED) is 0.0758. The first kappa shape index (κ1) is 28.5. The summed E-state index contributed by atoms with van der Waals surface area (Å²) < 4.78 is 0.875. The van der Waals surface area contributed by atoms with Crippen LogP contribution in [0.4, 0.5) is 11.4 Å². The van der Waals surface area contributed by atoms with Crippen molar-refractivity contribution in [3.8, 4) is 11.1 Å². The molecule has 3 aromatic carbocycles. The van der Waals surface area contributed by atoms with Crippen LogP contribution < -0.4 is 28.0 Å². The Balaban J connectivity index is 1.64. The smallest absolute Gasteiger partial charge is 0.226 e. The maximum atomic E-state index is 13.1. The average Bonchev–Trinajstić information content (AvgIpc) is 2.90. The van der Waals surface area contributed by atoms with Crippen LogP contribution in [0.1, 0.15) is 22.4 Å². The van der Waals surface area contributed by atoms with E-state index in [0.717, 1.165) is 15.9 Å². The van der Waals surface area contributed by atoms with Crippen molar-refractivity contribution in [1.29, 1.82) is 5.41 Å². The second-order valence-corrected chi connectivity index (χ2v) is 10.0. The van der Waals surface area contributed by atoms with Crippen molar-refractivity contribution in [3.05, 3.63) is 111 Å². The minimum Gasteiger partial charge on any atom is -0.427 e. The van der Waals surface area contributed by atoms with Gasteiger partial charge >= 0.3 is 0 Å². The molecule has 0 bridgehead atoms. The van der Waals surface area contributed by atoms with Crippen LogP contribution in [-0.2, 0) is 24.2 Å². The second kappa shape index (κ2) is 12.6. The van der Waals surface area contributed by atoms with Crippen LogP contribution in [0, 0.1) is 5.41 Å². The molecule has 9 nitrogen and oxygen atoms in total. The van der Waals surface area contributed by atoms with Crippen molar-refractivity contribution in [2.24, 2.45) is 10.7 Å². The lowest BCUT2D eigenvalue weighted by atomic mass is 10.0. The van der Waals surface area contributed by atoms with Crippen LogP contribution in [0.25, 0.3) is 11.1 Å². The number of amides is 1. The maximum absolute atomic E-state index is 13.1. The van der Waals surface area contributed by atoms with Crippen LogP contribution in [0.2, 0.25) is 10.0 Å². The van der Waals surface area contributed by atoms with E-state index in [9.17, 15) is 10.0 Å². The molecule has 4 rings (SSSR count). The van der Waals surface area contributed by atoms with Gasteiger partial charge in [-0.1, -0.05) is 59.6 Å². The highest BCUT2D eigenvalue weighted by Crippen LogP contribution is 2.33. The lowest BCUT2D eigenvalue weighted by Gasteiger charge is -2.17. The van der Waals surface area contributed by atoms with Crippen LogP contribution in [0.5, 0.6) is 0 Å². The Morgan fingerprint density at radius 3 is 2.33 bits per heavy atom. The molecule has 206 valence electrons. The molecule has 0 aliphatic carbocycles. The van der Waals surface area contributed by atoms with Crippen molar-refractivity contribution in [1.82, 2.24) is 10.0 Å². The molecule has 11 heteroatoms. The van der Waals surface area contributed by atoms with Gasteiger partial charge in [0.15, 0.2) is 5.49 Å². The number of rotatable bonds is 9. The summed E-state index contributed by atoms with van der Waals surface area (Å²) in [5, 5.41) is 22.5. The molecule has 40 heavy (non-hydrogen) atoms. The highest BCUT2D eigenvalue weighted by atomic mass is 35.5. The fourth-order valence-electron chi connectivity index (χ4n) is 4.24. The van der Waals surface area contributed by atoms with Gasteiger partial charge in [0.25, 0.3) is 0 Å². The molecule has 0 fully saturated rings. The molecule has 4 aromatic rings. The normalized spacial score (nSPS) is 11.4. The van der Waals surface area contributed by atoms with E-state index in [1.165, 1.54) is 6.07 Å². The van der Waals surface area contributed by atoms with Crippen molar-refractivity contribution in [3.63, 3.8) is 0 Å². The molecule has 0 unspecified atom stereocenters. The SMILES string of the molecule is N=C(N)c1ccc(CNC(=O)Cc2c(-c3cc(N)cc(N)c3)c(Cl)cc(=NCCc3cccc(Cl)c3)n2O)cc1. The molecule has 0 spiro atoms. The molecule has 9 N–H and O–H groups in total. The second-order valence-electron chi connectivity index (χ2n) is 9.20. The van der Waals surface area contributed by atoms with Gasteiger partial charge < -0.3 is 27.7 Å². The minimum absolute atomic E-state index is 0.0347. The van der Waals surface area contributed by atoms with Gasteiger partial charge in [0.05, 0.1) is 17.1 Å². The first-order valence-electron chi connectivity index (χ1n) is 12.4. The number of nitrogen functional groups attached to an aromatic ring is 3. The fraction of sp³-hybridized carbons (Fsp3) is 0.138. The van der Waals surface area contributed by atoms with Crippen molar-refractivity contribution in [2.75, 3.05) is 18.0 Å². The molecule has 1 amide bonds. The van der Waals surface area contributed by atoms with E-state index >= 15 is 0 Å². The number of carbonyl (C=O) groups excluding carboxylic acids is 1. The zero-order chi connectivity index (χ0) is 28.8. The van der Waals surface area contributed by atoms with E-state index in [2.05, 4.69) is 10.3 Å². The van der Waals surface area contributed by atoms with Gasteiger partial charge in [0, 0.05) is 46.7 Å². The predicted molar refractivity (Wildman–Crippen MR) is 159 cm³/mol. The number of aromatic nitrogens is 1. The van der Waals surface area contributed by atoms with Gasteiger partial charge in [-0.3, -0.25) is 15.2 Å². The van der Waals surface area contributed by atoms with Crippen LogP contribution in [-0.4, -0.2) is 28.2 Å². The molecule has 1 heterocycles. The molecule has 0 aliphatic heterocycles. The highest BCUT2D eigenvalue weighted by molar-refractivity contribution is 6.33. The highest BCUT2D eigenvalue weighted by Gasteiger charge is 2.19. The molecular weight excluding hydrogens is 549 g/mol. The number of hydrogen-bond donors (Lipinski definition) is 6. The van der Waals surface area contributed by atoms with E-state index in [1.54, 1.807) is 48.5 Å². The first-order chi connectivity index (χ1) is 19.1. The summed E-state index contributed by atoms with van der Waals surface area (Å²) in [6.45, 7) is 0.587. The molecule has 0 saturated heterocycles. The molecule has 0 aliphatic rings. The topological polar surface area (TPSA) is 169 Å². The number of hydrogen-bond acceptors (Lipinski definition) is 6. The third-order valence-electron chi connectivity index (χ3n) is 6.17. The van der Waals surface area contributed by atoms with Crippen LogP contribution in [0.3, 0.4) is 0 Å². The zero-order valence-corrected chi connectivity index (χ0v) is 23.0. The Bertz CT molecular complexity index is 1610. The van der Waals surface area contributed by atoms with Gasteiger partial charge in [0.2, 0.25) is 5.91 Å². The monoisotopic (exact) mass is 577 g/mol. The number of pyridine rings is 1. The fourth-order valence-corrected chi connectivity index (χ4v) is 4.77. The Morgan fingerprint density at radius 2 is 1.68 bits per heavy atom. The predicted octanol–water partition coefficient (Wildman–Crippen LogP) is 4.15. The summed E-state index contributed by atoms with van der Waals surface area (Å²) in [6, 6.07) is 20.9. The van der Waals surface area contributed by atoms with E-state index in [4.69, 9.17) is 45.8 Å². The number of nitrogens with zero attached hydrogens (tertiary/aromatic N) is 2. The Hall–Kier alpha value is -4.47. The molecular formula is C29H29Cl2N7O2. The van der Waals surface area contributed by atoms with E-state index < -0.39 is 0 Å². The van der Waals surface area contributed by atoms with Gasteiger partial charge in [-0.25, -0.2) is 0 Å². The molecule has 1 aromatic heterocycles. The summed E-state index contributed by atoms with van der Waals surface area (Å²) in [6.07, 6.45) is 0.382. The largest absolute Gasteiger partial charge is 0.427 e. The van der Waals surface area contributed by atoms with Crippen LogP contribution >= 0.6 is 23.2 Å². The number of amidine groups is 1. The van der Waals surface area contributed by atoms with Gasteiger partial charge in [-0.15, -0.1) is 0 Å². The van der Waals surface area contributed by atoms with Gasteiger partial charge in [-0.2, -0.15) is 4.73 Å². The molecule has 0 atom stereocenters. The standard InChI is InChI=1S/C29H29Cl2N7O2/c30-21-3-1-2-17(10-21)8-9-36-26-14-24(31)28(20-11-22(32)13-23(33)12-20)25(38(26)40)15-27(39)37-16-18-4-6-19(7-5-18)29(34)35/h1-7,10-14,40H,8-9,15-16,32-33H2,(H3,34,35)(H,37,39). The summed E-state index contributed by atoms with van der Waals surface area (Å²) >= 11 is 12.8. The van der Waals surface area contributed by atoms with Crippen molar-refractivity contribution >= 4 is 46.3 Å². The number of carbonyl (C=O) groups is 1. The Labute approximate surface area is 241 Å². The molecule has 0 radical (unpaired) electrons. The van der Waals surface area contributed by atoms with E-state index in [1.807, 2.05) is 18.2 Å². The third-order valence-corrected chi connectivity index (χ3v) is 6.70. The average molecular weight is 579 g/mol. The lowest BCUT2D eigenvalue weighted by molar-refractivity contribution is -0.120. The molecule has 0 saturated carbocycles. The number of anilines is 2. The first-order valence-corrected chi connectivity index (χ1v) is 13.1. The lowest BCUT2D eigenvalue weighted by Crippen LogP contribution is -2.30.